The molecule has 322 valence electrons. The number of amides is 1. The van der Waals surface area contributed by atoms with Gasteiger partial charge < -0.3 is 25.7 Å². The lowest BCUT2D eigenvalue weighted by Crippen LogP contribution is -2.53. The molecule has 0 spiro atoms. The van der Waals surface area contributed by atoms with E-state index in [4.69, 9.17) is 0 Å². The average molecular weight is 774 g/mol. The molecule has 1 amide bonds. The van der Waals surface area contributed by atoms with Gasteiger partial charge in [-0.1, -0.05) is 184 Å². The summed E-state index contributed by atoms with van der Waals surface area (Å²) >= 11 is 0. The zero-order chi connectivity index (χ0) is 40.3. The van der Waals surface area contributed by atoms with E-state index in [1.807, 2.05) is 0 Å². The van der Waals surface area contributed by atoms with Crippen molar-refractivity contribution in [2.24, 2.45) is 0 Å². The van der Waals surface area contributed by atoms with E-state index in [0.717, 1.165) is 64.2 Å². The minimum atomic E-state index is -1.30. The predicted molar refractivity (Wildman–Crippen MR) is 237 cm³/mol. The molecule has 4 atom stereocenters. The van der Waals surface area contributed by atoms with E-state index >= 15 is 0 Å². The summed E-state index contributed by atoms with van der Waals surface area (Å²) < 4.78 is 0. The van der Waals surface area contributed by atoms with E-state index in [0.29, 0.717) is 19.3 Å². The molecule has 0 rings (SSSR count). The van der Waals surface area contributed by atoms with Crippen LogP contribution in [-0.2, 0) is 4.79 Å². The number of rotatable bonds is 42. The molecule has 0 saturated heterocycles. The highest BCUT2D eigenvalue weighted by Gasteiger charge is 2.28. The Hall–Kier alpha value is -1.73. The lowest BCUT2D eigenvalue weighted by Gasteiger charge is -2.27. The number of hydrogen-bond donors (Lipinski definition) is 5. The SMILES string of the molecule is CCCCCCCCCCC/C=C\CCCCCCC(O)C(=O)NC(CO)C(O)C(O)CCC/C=C/CC/C=C/CC/C=C/CCCCCCCCCCC. The highest BCUT2D eigenvalue weighted by Crippen LogP contribution is 2.14. The molecule has 0 radical (unpaired) electrons. The normalized spacial score (nSPS) is 14.5. The van der Waals surface area contributed by atoms with Crippen LogP contribution >= 0.6 is 0 Å². The van der Waals surface area contributed by atoms with Crippen molar-refractivity contribution >= 4 is 5.91 Å². The number of unbranched alkanes of at least 4 members (excludes halogenated alkanes) is 25. The molecule has 0 aromatic heterocycles. The number of aliphatic hydroxyl groups excluding tert-OH is 4. The Balaban J connectivity index is 3.83. The number of hydrogen-bond acceptors (Lipinski definition) is 5. The molecule has 0 aliphatic carbocycles. The lowest BCUT2D eigenvalue weighted by molar-refractivity contribution is -0.132. The van der Waals surface area contributed by atoms with Gasteiger partial charge in [0.25, 0.3) is 0 Å². The summed E-state index contributed by atoms with van der Waals surface area (Å²) in [4.78, 5) is 12.5. The Morgan fingerprint density at radius 1 is 0.436 bits per heavy atom. The molecule has 55 heavy (non-hydrogen) atoms. The minimum absolute atomic E-state index is 0.343. The van der Waals surface area contributed by atoms with Crippen LogP contribution in [0.3, 0.4) is 0 Å². The van der Waals surface area contributed by atoms with E-state index in [-0.39, 0.29) is 0 Å². The smallest absolute Gasteiger partial charge is 0.249 e. The summed E-state index contributed by atoms with van der Waals surface area (Å²) in [5, 5.41) is 43.7. The summed E-state index contributed by atoms with van der Waals surface area (Å²) in [6, 6.07) is -1.02. The van der Waals surface area contributed by atoms with Crippen molar-refractivity contribution in [3.63, 3.8) is 0 Å². The summed E-state index contributed by atoms with van der Waals surface area (Å²) in [7, 11) is 0. The first-order valence-electron chi connectivity index (χ1n) is 23.5. The molecule has 0 aliphatic rings. The molecular weight excluding hydrogens is 683 g/mol. The predicted octanol–water partition coefficient (Wildman–Crippen LogP) is 12.7. The molecule has 6 nitrogen and oxygen atoms in total. The highest BCUT2D eigenvalue weighted by atomic mass is 16.3. The Morgan fingerprint density at radius 2 is 0.764 bits per heavy atom. The van der Waals surface area contributed by atoms with Crippen LogP contribution in [0, 0.1) is 0 Å². The highest BCUT2D eigenvalue weighted by molar-refractivity contribution is 5.80. The number of allylic oxidation sites excluding steroid dienone is 8. The summed E-state index contributed by atoms with van der Waals surface area (Å²) in [5.41, 5.74) is 0. The zero-order valence-electron chi connectivity index (χ0n) is 36.2. The summed E-state index contributed by atoms with van der Waals surface area (Å²) in [6.07, 6.45) is 52.9. The van der Waals surface area contributed by atoms with Gasteiger partial charge in [0.15, 0.2) is 0 Å². The van der Waals surface area contributed by atoms with Crippen molar-refractivity contribution in [3.8, 4) is 0 Å². The quantitative estimate of drug-likeness (QED) is 0.0313. The van der Waals surface area contributed by atoms with Gasteiger partial charge in [0.1, 0.15) is 12.2 Å². The van der Waals surface area contributed by atoms with E-state index in [9.17, 15) is 25.2 Å². The summed E-state index contributed by atoms with van der Waals surface area (Å²) in [6.45, 7) is 4.03. The second-order valence-corrected chi connectivity index (χ2v) is 16.1. The van der Waals surface area contributed by atoms with Gasteiger partial charge in [-0.15, -0.1) is 0 Å². The number of carbonyl (C=O) groups is 1. The average Bonchev–Trinajstić information content (AvgIpc) is 3.19. The minimum Gasteiger partial charge on any atom is -0.394 e. The van der Waals surface area contributed by atoms with Crippen LogP contribution in [0.1, 0.15) is 226 Å². The second kappa shape index (κ2) is 43.4. The van der Waals surface area contributed by atoms with E-state index in [1.165, 1.54) is 128 Å². The fraction of sp³-hybridized carbons (Fsp3) is 0.816. The third-order valence-corrected chi connectivity index (χ3v) is 10.7. The van der Waals surface area contributed by atoms with Gasteiger partial charge in [-0.3, -0.25) is 4.79 Å². The number of aliphatic hydroxyl groups is 4. The first-order valence-corrected chi connectivity index (χ1v) is 23.5. The molecule has 0 aromatic rings. The molecule has 0 aromatic carbocycles. The third kappa shape index (κ3) is 37.6. The number of carbonyl (C=O) groups excluding carboxylic acids is 1. The maximum absolute atomic E-state index is 12.5. The third-order valence-electron chi connectivity index (χ3n) is 10.7. The molecule has 4 unspecified atom stereocenters. The van der Waals surface area contributed by atoms with Crippen LogP contribution in [0.5, 0.6) is 0 Å². The van der Waals surface area contributed by atoms with Crippen molar-refractivity contribution in [3.05, 3.63) is 48.6 Å². The van der Waals surface area contributed by atoms with Crippen molar-refractivity contribution < 1.29 is 25.2 Å². The van der Waals surface area contributed by atoms with Crippen molar-refractivity contribution in [2.75, 3.05) is 6.61 Å². The Labute approximate surface area is 340 Å². The number of nitrogens with one attached hydrogen (secondary N) is 1. The Morgan fingerprint density at radius 3 is 1.15 bits per heavy atom. The van der Waals surface area contributed by atoms with Crippen molar-refractivity contribution in [1.82, 2.24) is 5.32 Å². The van der Waals surface area contributed by atoms with E-state index < -0.39 is 36.9 Å². The van der Waals surface area contributed by atoms with Crippen molar-refractivity contribution in [2.45, 2.75) is 250 Å². The van der Waals surface area contributed by atoms with Crippen LogP contribution in [0.25, 0.3) is 0 Å². The van der Waals surface area contributed by atoms with Crippen LogP contribution in [0.2, 0.25) is 0 Å². The van der Waals surface area contributed by atoms with Crippen LogP contribution < -0.4 is 5.32 Å². The van der Waals surface area contributed by atoms with Gasteiger partial charge in [0.2, 0.25) is 5.91 Å². The van der Waals surface area contributed by atoms with E-state index in [2.05, 4.69) is 67.8 Å². The van der Waals surface area contributed by atoms with Gasteiger partial charge in [0.05, 0.1) is 18.8 Å². The molecule has 0 heterocycles. The van der Waals surface area contributed by atoms with Gasteiger partial charge in [-0.05, 0) is 89.9 Å². The molecule has 0 bridgehead atoms. The molecule has 0 saturated carbocycles. The van der Waals surface area contributed by atoms with E-state index in [1.54, 1.807) is 0 Å². The Kier molecular flexibility index (Phi) is 42.0. The summed E-state index contributed by atoms with van der Waals surface area (Å²) in [5.74, 6) is -0.609. The molecule has 0 aliphatic heterocycles. The fourth-order valence-electron chi connectivity index (χ4n) is 6.96. The monoisotopic (exact) mass is 774 g/mol. The van der Waals surface area contributed by atoms with Gasteiger partial charge >= 0.3 is 0 Å². The lowest BCUT2D eigenvalue weighted by atomic mass is 10.00. The zero-order valence-corrected chi connectivity index (χ0v) is 36.2. The first kappa shape index (κ1) is 53.3. The van der Waals surface area contributed by atoms with Crippen LogP contribution in [0.15, 0.2) is 48.6 Å². The van der Waals surface area contributed by atoms with Crippen LogP contribution in [-0.4, -0.2) is 57.3 Å². The maximum Gasteiger partial charge on any atom is 0.249 e. The molecular formula is C49H91NO5. The molecule has 0 fully saturated rings. The Bertz CT molecular complexity index is 915. The molecule has 6 heteroatoms. The largest absolute Gasteiger partial charge is 0.394 e. The topological polar surface area (TPSA) is 110 Å². The van der Waals surface area contributed by atoms with Gasteiger partial charge in [-0.25, -0.2) is 0 Å². The van der Waals surface area contributed by atoms with Crippen LogP contribution in [0.4, 0.5) is 0 Å². The van der Waals surface area contributed by atoms with Gasteiger partial charge in [-0.2, -0.15) is 0 Å². The maximum atomic E-state index is 12.5. The molecule has 5 N–H and O–H groups in total. The van der Waals surface area contributed by atoms with Crippen molar-refractivity contribution in [1.29, 1.82) is 0 Å². The standard InChI is InChI=1S/C49H91NO5/c1-3-5-7-9-11-13-15-17-19-21-22-23-24-25-27-28-30-32-34-36-38-40-42-46(52)48(54)45(44-51)50-49(55)47(53)43-41-39-37-35-33-31-29-26-20-18-16-14-12-10-8-6-4-2/h22-23,27-29,31,34,36,45-48,51-54H,3-21,24-26,30,32-33,35,37-44H2,1-2H3,(H,50,55)/b23-22+,28-27+,31-29-,36-34+. The van der Waals surface area contributed by atoms with Gasteiger partial charge in [0, 0.05) is 0 Å². The first-order chi connectivity index (χ1) is 27.0. The fourth-order valence-corrected chi connectivity index (χ4v) is 6.96. The second-order valence-electron chi connectivity index (χ2n) is 16.1.